The van der Waals surface area contributed by atoms with Crippen molar-refractivity contribution in [3.05, 3.63) is 63.4 Å². The number of nitrogen functional groups attached to an aromatic ring is 1. The minimum Gasteiger partial charge on any atom is -0.334 e. The second-order valence-corrected chi connectivity index (χ2v) is 5.66. The van der Waals surface area contributed by atoms with E-state index in [0.717, 1.165) is 23.1 Å². The quantitative estimate of drug-likeness (QED) is 0.754. The molecule has 5 heteroatoms. The number of halogens is 1. The van der Waals surface area contributed by atoms with Crippen molar-refractivity contribution in [2.75, 3.05) is 5.84 Å². The SMILES string of the molecule is CCCc1ccc(-c2nc3ccc(Cl)cc3c(=O)n2N)cc1. The molecular weight excluding hydrogens is 298 g/mol. The van der Waals surface area contributed by atoms with E-state index in [1.807, 2.05) is 24.3 Å². The van der Waals surface area contributed by atoms with Crippen LogP contribution in [0.4, 0.5) is 0 Å². The molecule has 0 unspecified atom stereocenters. The lowest BCUT2D eigenvalue weighted by molar-refractivity contribution is 0.916. The summed E-state index contributed by atoms with van der Waals surface area (Å²) in [5, 5.41) is 0.907. The van der Waals surface area contributed by atoms with Crippen LogP contribution in [0.1, 0.15) is 18.9 Å². The summed E-state index contributed by atoms with van der Waals surface area (Å²) in [6.45, 7) is 2.14. The molecule has 2 N–H and O–H groups in total. The number of aromatic nitrogens is 2. The van der Waals surface area contributed by atoms with Crippen molar-refractivity contribution >= 4 is 22.5 Å². The minimum atomic E-state index is -0.305. The van der Waals surface area contributed by atoms with Crippen molar-refractivity contribution in [1.29, 1.82) is 0 Å². The molecule has 112 valence electrons. The lowest BCUT2D eigenvalue weighted by Crippen LogP contribution is -2.29. The van der Waals surface area contributed by atoms with E-state index in [0.29, 0.717) is 21.7 Å². The Bertz CT molecular complexity index is 885. The zero-order chi connectivity index (χ0) is 15.7. The first kappa shape index (κ1) is 14.6. The van der Waals surface area contributed by atoms with E-state index < -0.39 is 0 Å². The van der Waals surface area contributed by atoms with Crippen molar-refractivity contribution < 1.29 is 0 Å². The Morgan fingerprint density at radius 2 is 1.91 bits per heavy atom. The second kappa shape index (κ2) is 5.81. The third-order valence-corrected chi connectivity index (χ3v) is 3.85. The fraction of sp³-hybridized carbons (Fsp3) is 0.176. The van der Waals surface area contributed by atoms with Gasteiger partial charge >= 0.3 is 0 Å². The number of fused-ring (bicyclic) bond motifs is 1. The standard InChI is InChI=1S/C17H16ClN3O/c1-2-3-11-4-6-12(7-5-11)16-20-15-9-8-13(18)10-14(15)17(22)21(16)19/h4-10H,2-3,19H2,1H3. The summed E-state index contributed by atoms with van der Waals surface area (Å²) in [5.41, 5.74) is 2.35. The molecule has 1 aromatic heterocycles. The van der Waals surface area contributed by atoms with Crippen LogP contribution >= 0.6 is 11.6 Å². The van der Waals surface area contributed by atoms with Crippen LogP contribution in [-0.4, -0.2) is 9.66 Å². The Hall–Kier alpha value is -2.33. The van der Waals surface area contributed by atoms with Crippen LogP contribution in [0.2, 0.25) is 5.02 Å². The number of nitrogens with two attached hydrogens (primary N) is 1. The van der Waals surface area contributed by atoms with Crippen molar-refractivity contribution in [3.63, 3.8) is 0 Å². The topological polar surface area (TPSA) is 60.9 Å². The van der Waals surface area contributed by atoms with E-state index in [2.05, 4.69) is 11.9 Å². The van der Waals surface area contributed by atoms with Crippen molar-refractivity contribution in [3.8, 4) is 11.4 Å². The second-order valence-electron chi connectivity index (χ2n) is 5.22. The normalized spacial score (nSPS) is 11.0. The van der Waals surface area contributed by atoms with Gasteiger partial charge in [-0.1, -0.05) is 49.2 Å². The summed E-state index contributed by atoms with van der Waals surface area (Å²) in [7, 11) is 0. The first-order valence-electron chi connectivity index (χ1n) is 7.17. The molecule has 1 heterocycles. The molecule has 3 aromatic rings. The Morgan fingerprint density at radius 3 is 2.59 bits per heavy atom. The number of rotatable bonds is 3. The van der Waals surface area contributed by atoms with Crippen LogP contribution < -0.4 is 11.4 Å². The molecule has 3 rings (SSSR count). The predicted octanol–water partition coefficient (Wildman–Crippen LogP) is 3.38. The summed E-state index contributed by atoms with van der Waals surface area (Å²) in [4.78, 5) is 16.9. The van der Waals surface area contributed by atoms with Gasteiger partial charge in [0.2, 0.25) is 0 Å². The van der Waals surface area contributed by atoms with E-state index in [9.17, 15) is 4.79 Å². The molecule has 4 nitrogen and oxygen atoms in total. The Morgan fingerprint density at radius 1 is 1.18 bits per heavy atom. The highest BCUT2D eigenvalue weighted by Gasteiger charge is 2.11. The third kappa shape index (κ3) is 2.57. The number of nitrogens with zero attached hydrogens (tertiary/aromatic N) is 2. The number of benzene rings is 2. The lowest BCUT2D eigenvalue weighted by Gasteiger charge is -2.10. The average Bonchev–Trinajstić information content (AvgIpc) is 2.53. The molecule has 0 aliphatic heterocycles. The van der Waals surface area contributed by atoms with Crippen LogP contribution in [0.15, 0.2) is 47.3 Å². The Labute approximate surface area is 133 Å². The van der Waals surface area contributed by atoms with Gasteiger partial charge in [0.25, 0.3) is 5.56 Å². The van der Waals surface area contributed by atoms with Gasteiger partial charge in [0.15, 0.2) is 5.82 Å². The highest BCUT2D eigenvalue weighted by Crippen LogP contribution is 2.20. The highest BCUT2D eigenvalue weighted by molar-refractivity contribution is 6.31. The number of hydrogen-bond acceptors (Lipinski definition) is 3. The van der Waals surface area contributed by atoms with Crippen LogP contribution in [0.3, 0.4) is 0 Å². The molecule has 0 fully saturated rings. The zero-order valence-corrected chi connectivity index (χ0v) is 13.0. The Kier molecular flexibility index (Phi) is 3.86. The van der Waals surface area contributed by atoms with E-state index in [1.165, 1.54) is 5.56 Å². The molecule has 0 amide bonds. The fourth-order valence-corrected chi connectivity index (χ4v) is 2.66. The molecule has 0 bridgehead atoms. The minimum absolute atomic E-state index is 0.305. The smallest absolute Gasteiger partial charge is 0.280 e. The van der Waals surface area contributed by atoms with E-state index >= 15 is 0 Å². The molecule has 0 aliphatic rings. The van der Waals surface area contributed by atoms with Gasteiger partial charge in [0, 0.05) is 10.6 Å². The highest BCUT2D eigenvalue weighted by atomic mass is 35.5. The van der Waals surface area contributed by atoms with Crippen LogP contribution in [0, 0.1) is 0 Å². The van der Waals surface area contributed by atoms with Crippen LogP contribution in [-0.2, 0) is 6.42 Å². The predicted molar refractivity (Wildman–Crippen MR) is 90.6 cm³/mol. The molecule has 0 saturated heterocycles. The molecule has 22 heavy (non-hydrogen) atoms. The summed E-state index contributed by atoms with van der Waals surface area (Å²) in [5.74, 6) is 6.37. The maximum absolute atomic E-state index is 12.4. The third-order valence-electron chi connectivity index (χ3n) is 3.61. The van der Waals surface area contributed by atoms with Crippen molar-refractivity contribution in [2.45, 2.75) is 19.8 Å². The lowest BCUT2D eigenvalue weighted by atomic mass is 10.1. The fourth-order valence-electron chi connectivity index (χ4n) is 2.48. The monoisotopic (exact) mass is 313 g/mol. The first-order chi connectivity index (χ1) is 10.6. The van der Waals surface area contributed by atoms with Gasteiger partial charge in [-0.3, -0.25) is 4.79 Å². The van der Waals surface area contributed by atoms with Gasteiger partial charge in [0.1, 0.15) is 0 Å². The van der Waals surface area contributed by atoms with Crippen LogP contribution in [0.25, 0.3) is 22.3 Å². The molecule has 0 radical (unpaired) electrons. The maximum Gasteiger partial charge on any atom is 0.280 e. The van der Waals surface area contributed by atoms with E-state index in [-0.39, 0.29) is 5.56 Å². The van der Waals surface area contributed by atoms with Gasteiger partial charge in [0.05, 0.1) is 10.9 Å². The summed E-state index contributed by atoms with van der Waals surface area (Å²) in [6.07, 6.45) is 2.12. The summed E-state index contributed by atoms with van der Waals surface area (Å²) >= 11 is 5.93. The van der Waals surface area contributed by atoms with Crippen molar-refractivity contribution in [1.82, 2.24) is 9.66 Å². The average molecular weight is 314 g/mol. The first-order valence-corrected chi connectivity index (χ1v) is 7.54. The largest absolute Gasteiger partial charge is 0.334 e. The van der Waals surface area contributed by atoms with Gasteiger partial charge in [-0.25, -0.2) is 9.66 Å². The summed E-state index contributed by atoms with van der Waals surface area (Å²) < 4.78 is 1.08. The zero-order valence-electron chi connectivity index (χ0n) is 12.2. The number of aryl methyl sites for hydroxylation is 1. The molecular formula is C17H16ClN3O. The molecule has 2 aromatic carbocycles. The van der Waals surface area contributed by atoms with E-state index in [4.69, 9.17) is 17.4 Å². The van der Waals surface area contributed by atoms with Gasteiger partial charge in [-0.05, 0) is 30.2 Å². The Balaban J connectivity index is 2.16. The summed E-state index contributed by atoms with van der Waals surface area (Å²) in [6, 6.07) is 13.0. The molecule has 0 aliphatic carbocycles. The van der Waals surface area contributed by atoms with Crippen molar-refractivity contribution in [2.24, 2.45) is 0 Å². The number of hydrogen-bond donors (Lipinski definition) is 1. The molecule has 0 atom stereocenters. The maximum atomic E-state index is 12.4. The van der Waals surface area contributed by atoms with E-state index in [1.54, 1.807) is 18.2 Å². The molecule has 0 saturated carbocycles. The van der Waals surface area contributed by atoms with Gasteiger partial charge < -0.3 is 5.84 Å². The van der Waals surface area contributed by atoms with Crippen LogP contribution in [0.5, 0.6) is 0 Å². The van der Waals surface area contributed by atoms with Gasteiger partial charge in [-0.15, -0.1) is 0 Å². The van der Waals surface area contributed by atoms with Gasteiger partial charge in [-0.2, -0.15) is 0 Å². The molecule has 0 spiro atoms.